The Balaban J connectivity index is 1.43. The molecule has 1 aromatic heterocycles. The minimum absolute atomic E-state index is 0.0973. The molecule has 0 radical (unpaired) electrons. The van der Waals surface area contributed by atoms with Gasteiger partial charge in [-0.05, 0) is 50.2 Å². The summed E-state index contributed by atoms with van der Waals surface area (Å²) in [6, 6.07) is 14.1. The lowest BCUT2D eigenvalue weighted by atomic mass is 10.2. The molecule has 156 valence electrons. The van der Waals surface area contributed by atoms with Crippen molar-refractivity contribution in [1.29, 1.82) is 0 Å². The number of nitrogens with zero attached hydrogens (tertiary/aromatic N) is 2. The van der Waals surface area contributed by atoms with Crippen LogP contribution in [-0.4, -0.2) is 34.4 Å². The maximum Gasteiger partial charge on any atom is 0.338 e. The number of anilines is 1. The second-order valence-corrected chi connectivity index (χ2v) is 7.12. The number of amides is 1. The Labute approximate surface area is 178 Å². The SMILES string of the molecule is CCOC(=O)c1ccc(NC(=O)CSc2nnc(COc3ccc(C)cc3)o2)cc1. The molecule has 9 heteroatoms. The van der Waals surface area contributed by atoms with Crippen LogP contribution < -0.4 is 10.1 Å². The number of aryl methyl sites for hydroxylation is 1. The molecular formula is C21H21N3O5S. The van der Waals surface area contributed by atoms with Crippen molar-refractivity contribution in [3.8, 4) is 5.75 Å². The molecule has 30 heavy (non-hydrogen) atoms. The molecule has 3 rings (SSSR count). The fourth-order valence-electron chi connectivity index (χ4n) is 2.36. The number of hydrogen-bond acceptors (Lipinski definition) is 8. The van der Waals surface area contributed by atoms with Crippen molar-refractivity contribution >= 4 is 29.3 Å². The number of carbonyl (C=O) groups is 2. The summed E-state index contributed by atoms with van der Waals surface area (Å²) in [6.45, 7) is 4.20. The van der Waals surface area contributed by atoms with Crippen molar-refractivity contribution in [2.24, 2.45) is 0 Å². The number of rotatable bonds is 9. The molecule has 0 aliphatic heterocycles. The van der Waals surface area contributed by atoms with Crippen molar-refractivity contribution in [1.82, 2.24) is 10.2 Å². The van der Waals surface area contributed by atoms with Gasteiger partial charge in [-0.25, -0.2) is 4.79 Å². The van der Waals surface area contributed by atoms with E-state index in [0.29, 0.717) is 29.5 Å². The lowest BCUT2D eigenvalue weighted by molar-refractivity contribution is -0.113. The molecule has 2 aromatic carbocycles. The minimum atomic E-state index is -0.399. The van der Waals surface area contributed by atoms with Gasteiger partial charge in [-0.1, -0.05) is 29.5 Å². The molecule has 0 aliphatic carbocycles. The predicted molar refractivity (Wildman–Crippen MR) is 112 cm³/mol. The van der Waals surface area contributed by atoms with Gasteiger partial charge < -0.3 is 19.2 Å². The molecule has 0 saturated carbocycles. The van der Waals surface area contributed by atoms with Crippen molar-refractivity contribution < 1.29 is 23.5 Å². The second-order valence-electron chi connectivity index (χ2n) is 6.20. The summed E-state index contributed by atoms with van der Waals surface area (Å²) in [7, 11) is 0. The van der Waals surface area contributed by atoms with E-state index >= 15 is 0 Å². The summed E-state index contributed by atoms with van der Waals surface area (Å²) < 4.78 is 16.0. The van der Waals surface area contributed by atoms with E-state index in [-0.39, 0.29) is 23.5 Å². The largest absolute Gasteiger partial charge is 0.484 e. The van der Waals surface area contributed by atoms with Gasteiger partial charge in [0.1, 0.15) is 5.75 Å². The van der Waals surface area contributed by atoms with E-state index in [2.05, 4.69) is 15.5 Å². The molecule has 0 fully saturated rings. The Morgan fingerprint density at radius 1 is 1.07 bits per heavy atom. The van der Waals surface area contributed by atoms with Gasteiger partial charge in [-0.15, -0.1) is 10.2 Å². The molecule has 0 saturated heterocycles. The normalized spacial score (nSPS) is 10.5. The molecule has 0 unspecified atom stereocenters. The quantitative estimate of drug-likeness (QED) is 0.405. The average Bonchev–Trinajstić information content (AvgIpc) is 3.20. The van der Waals surface area contributed by atoms with Gasteiger partial charge in [0.25, 0.3) is 11.1 Å². The van der Waals surface area contributed by atoms with Crippen molar-refractivity contribution in [2.75, 3.05) is 17.7 Å². The summed E-state index contributed by atoms with van der Waals surface area (Å²) in [5.74, 6) is 0.499. The number of carbonyl (C=O) groups excluding carboxylic acids is 2. The van der Waals surface area contributed by atoms with Gasteiger partial charge in [0.2, 0.25) is 5.91 Å². The third kappa shape index (κ3) is 6.35. The van der Waals surface area contributed by atoms with Crippen molar-refractivity contribution in [3.05, 3.63) is 65.5 Å². The minimum Gasteiger partial charge on any atom is -0.484 e. The molecule has 0 spiro atoms. The highest BCUT2D eigenvalue weighted by Gasteiger charge is 2.11. The summed E-state index contributed by atoms with van der Waals surface area (Å²) in [5, 5.41) is 10.8. The maximum atomic E-state index is 12.1. The average molecular weight is 427 g/mol. The summed E-state index contributed by atoms with van der Waals surface area (Å²) in [4.78, 5) is 23.7. The van der Waals surface area contributed by atoms with Gasteiger partial charge in [0, 0.05) is 5.69 Å². The number of nitrogens with one attached hydrogen (secondary N) is 1. The summed E-state index contributed by atoms with van der Waals surface area (Å²) >= 11 is 1.12. The van der Waals surface area contributed by atoms with Crippen LogP contribution in [-0.2, 0) is 16.1 Å². The lowest BCUT2D eigenvalue weighted by Crippen LogP contribution is -2.14. The molecule has 0 atom stereocenters. The molecule has 1 N–H and O–H groups in total. The summed E-state index contributed by atoms with van der Waals surface area (Å²) in [5.41, 5.74) is 2.15. The standard InChI is InChI=1S/C21H21N3O5S/c1-3-27-20(26)15-6-8-16(9-7-15)22-18(25)13-30-21-24-23-19(29-21)12-28-17-10-4-14(2)5-11-17/h4-11H,3,12-13H2,1-2H3,(H,22,25). The molecule has 1 amide bonds. The predicted octanol–water partition coefficient (Wildman–Crippen LogP) is 3.86. The van der Waals surface area contributed by atoms with E-state index in [0.717, 1.165) is 17.3 Å². The lowest BCUT2D eigenvalue weighted by Gasteiger charge is -2.05. The van der Waals surface area contributed by atoms with Gasteiger partial charge in [-0.3, -0.25) is 4.79 Å². The Hall–Kier alpha value is -3.33. The number of ether oxygens (including phenoxy) is 2. The van der Waals surface area contributed by atoms with Crippen LogP contribution in [0, 0.1) is 6.92 Å². The fraction of sp³-hybridized carbons (Fsp3) is 0.238. The first-order valence-electron chi connectivity index (χ1n) is 9.25. The molecule has 0 bridgehead atoms. The first kappa shape index (κ1) is 21.4. The van der Waals surface area contributed by atoms with Crippen LogP contribution in [0.2, 0.25) is 0 Å². The van der Waals surface area contributed by atoms with Gasteiger partial charge in [0.15, 0.2) is 6.61 Å². The smallest absolute Gasteiger partial charge is 0.338 e. The van der Waals surface area contributed by atoms with Crippen LogP contribution in [0.5, 0.6) is 5.75 Å². The Kier molecular flexibility index (Phi) is 7.45. The Morgan fingerprint density at radius 2 is 1.80 bits per heavy atom. The first-order chi connectivity index (χ1) is 14.5. The van der Waals surface area contributed by atoms with E-state index in [4.69, 9.17) is 13.9 Å². The van der Waals surface area contributed by atoms with E-state index in [1.54, 1.807) is 31.2 Å². The number of benzene rings is 2. The van der Waals surface area contributed by atoms with E-state index in [9.17, 15) is 9.59 Å². The fourth-order valence-corrected chi connectivity index (χ4v) is 2.94. The zero-order valence-corrected chi connectivity index (χ0v) is 17.4. The van der Waals surface area contributed by atoms with Crippen LogP contribution in [0.15, 0.2) is 58.2 Å². The zero-order valence-electron chi connectivity index (χ0n) is 16.6. The number of aromatic nitrogens is 2. The molecule has 0 aliphatic rings. The number of esters is 1. The topological polar surface area (TPSA) is 104 Å². The molecule has 1 heterocycles. The van der Waals surface area contributed by atoms with Gasteiger partial charge in [0.05, 0.1) is 17.9 Å². The van der Waals surface area contributed by atoms with Crippen molar-refractivity contribution in [2.45, 2.75) is 25.7 Å². The van der Waals surface area contributed by atoms with Crippen LogP contribution >= 0.6 is 11.8 Å². The monoisotopic (exact) mass is 427 g/mol. The van der Waals surface area contributed by atoms with Gasteiger partial charge >= 0.3 is 5.97 Å². The third-order valence-corrected chi connectivity index (χ3v) is 4.66. The highest BCUT2D eigenvalue weighted by Crippen LogP contribution is 2.19. The number of thioether (sulfide) groups is 1. The van der Waals surface area contributed by atoms with Crippen LogP contribution in [0.4, 0.5) is 5.69 Å². The van der Waals surface area contributed by atoms with E-state index in [1.807, 2.05) is 31.2 Å². The van der Waals surface area contributed by atoms with E-state index < -0.39 is 5.97 Å². The van der Waals surface area contributed by atoms with E-state index in [1.165, 1.54) is 0 Å². The molecule has 3 aromatic rings. The molecular weight excluding hydrogens is 406 g/mol. The van der Waals surface area contributed by atoms with Gasteiger partial charge in [-0.2, -0.15) is 0 Å². The molecule has 8 nitrogen and oxygen atoms in total. The maximum absolute atomic E-state index is 12.1. The first-order valence-corrected chi connectivity index (χ1v) is 10.2. The van der Waals surface area contributed by atoms with Crippen LogP contribution in [0.25, 0.3) is 0 Å². The third-order valence-electron chi connectivity index (χ3n) is 3.84. The van der Waals surface area contributed by atoms with Crippen molar-refractivity contribution in [3.63, 3.8) is 0 Å². The zero-order chi connectivity index (χ0) is 21.3. The van der Waals surface area contributed by atoms with Crippen LogP contribution in [0.1, 0.15) is 28.7 Å². The Bertz CT molecular complexity index is 987. The highest BCUT2D eigenvalue weighted by molar-refractivity contribution is 7.99. The van der Waals surface area contributed by atoms with Crippen LogP contribution in [0.3, 0.4) is 0 Å². The second kappa shape index (κ2) is 10.4. The Morgan fingerprint density at radius 3 is 2.50 bits per heavy atom. The summed E-state index contributed by atoms with van der Waals surface area (Å²) in [6.07, 6.45) is 0. The highest BCUT2D eigenvalue weighted by atomic mass is 32.2. The number of hydrogen-bond donors (Lipinski definition) is 1.